The number of nitrogens with one attached hydrogen (secondary N) is 1. The lowest BCUT2D eigenvalue weighted by Gasteiger charge is -2.04. The second kappa shape index (κ2) is 8.25. The molecular formula is C18H15ClN2O4S. The fourth-order valence-electron chi connectivity index (χ4n) is 2.41. The molecule has 1 aromatic carbocycles. The lowest BCUT2D eigenvalue weighted by atomic mass is 10.2. The Morgan fingerprint density at radius 3 is 2.77 bits per heavy atom. The molecule has 6 nitrogen and oxygen atoms in total. The van der Waals surface area contributed by atoms with Crippen molar-refractivity contribution < 1.29 is 14.3 Å². The van der Waals surface area contributed by atoms with Gasteiger partial charge in [0, 0.05) is 12.8 Å². The minimum absolute atomic E-state index is 0.134. The number of aryl methyl sites for hydroxylation is 1. The number of H-pyrrole nitrogens is 1. The van der Waals surface area contributed by atoms with Gasteiger partial charge >= 0.3 is 5.97 Å². The van der Waals surface area contributed by atoms with Crippen molar-refractivity contribution in [2.45, 2.75) is 19.3 Å². The van der Waals surface area contributed by atoms with Crippen LogP contribution in [0.3, 0.4) is 0 Å². The van der Waals surface area contributed by atoms with Gasteiger partial charge in [-0.05, 0) is 30.7 Å². The summed E-state index contributed by atoms with van der Waals surface area (Å²) >= 11 is 6.92. The maximum atomic E-state index is 12.0. The Bertz CT molecular complexity index is 1010. The molecule has 0 aliphatic rings. The van der Waals surface area contributed by atoms with E-state index in [2.05, 4.69) is 9.97 Å². The summed E-state index contributed by atoms with van der Waals surface area (Å²) in [6.45, 7) is -0.305. The summed E-state index contributed by atoms with van der Waals surface area (Å²) in [6.07, 6.45) is 1.03. The summed E-state index contributed by atoms with van der Waals surface area (Å²) in [5, 5.41) is 0.530. The SMILES string of the molecule is O=C(CCCc1nc2ccccc2c(=O)[nH]1)OCC(=O)c1ccc(Cl)s1. The van der Waals surface area contributed by atoms with E-state index in [0.717, 1.165) is 11.3 Å². The van der Waals surface area contributed by atoms with Crippen LogP contribution in [0.15, 0.2) is 41.2 Å². The first-order chi connectivity index (χ1) is 12.5. The van der Waals surface area contributed by atoms with E-state index in [0.29, 0.717) is 38.8 Å². The number of esters is 1. The van der Waals surface area contributed by atoms with Crippen LogP contribution in [0.5, 0.6) is 0 Å². The molecule has 0 saturated carbocycles. The minimum atomic E-state index is -0.468. The lowest BCUT2D eigenvalue weighted by molar-refractivity contribution is -0.142. The molecule has 134 valence electrons. The topological polar surface area (TPSA) is 89.1 Å². The van der Waals surface area contributed by atoms with Crippen LogP contribution in [0.2, 0.25) is 4.34 Å². The van der Waals surface area contributed by atoms with Crippen molar-refractivity contribution >= 4 is 45.6 Å². The number of Topliss-reactive ketones (excluding diaryl/α,β-unsaturated/α-hetero) is 1. The molecule has 0 spiro atoms. The van der Waals surface area contributed by atoms with Crippen LogP contribution >= 0.6 is 22.9 Å². The van der Waals surface area contributed by atoms with Crippen molar-refractivity contribution in [3.05, 3.63) is 61.8 Å². The molecule has 0 aliphatic carbocycles. The average molecular weight is 391 g/mol. The molecule has 3 aromatic rings. The molecule has 0 aliphatic heterocycles. The van der Waals surface area contributed by atoms with Gasteiger partial charge in [0.1, 0.15) is 5.82 Å². The number of para-hydroxylation sites is 1. The quantitative estimate of drug-likeness (QED) is 0.493. The third-order valence-electron chi connectivity index (χ3n) is 3.67. The van der Waals surface area contributed by atoms with Gasteiger partial charge in [-0.15, -0.1) is 11.3 Å². The first kappa shape index (κ1) is 18.3. The molecule has 0 amide bonds. The number of hydrogen-bond acceptors (Lipinski definition) is 6. The molecule has 26 heavy (non-hydrogen) atoms. The number of aromatic amines is 1. The number of carbonyl (C=O) groups excluding carboxylic acids is 2. The maximum absolute atomic E-state index is 12.0. The Balaban J connectivity index is 1.48. The summed E-state index contributed by atoms with van der Waals surface area (Å²) < 4.78 is 5.49. The monoisotopic (exact) mass is 390 g/mol. The molecular weight excluding hydrogens is 376 g/mol. The second-order valence-electron chi connectivity index (χ2n) is 5.57. The zero-order chi connectivity index (χ0) is 18.5. The lowest BCUT2D eigenvalue weighted by Crippen LogP contribution is -2.14. The van der Waals surface area contributed by atoms with Crippen molar-refractivity contribution in [2.75, 3.05) is 6.61 Å². The van der Waals surface area contributed by atoms with Crippen LogP contribution in [0.25, 0.3) is 10.9 Å². The molecule has 0 unspecified atom stereocenters. The van der Waals surface area contributed by atoms with Gasteiger partial charge in [-0.2, -0.15) is 0 Å². The number of ether oxygens (including phenoxy) is 1. The van der Waals surface area contributed by atoms with Crippen LogP contribution in [0.1, 0.15) is 28.3 Å². The fraction of sp³-hybridized carbons (Fsp3) is 0.222. The molecule has 3 rings (SSSR count). The highest BCUT2D eigenvalue weighted by Crippen LogP contribution is 2.21. The van der Waals surface area contributed by atoms with Gasteiger partial charge in [-0.3, -0.25) is 14.4 Å². The Morgan fingerprint density at radius 1 is 1.19 bits per heavy atom. The zero-order valence-electron chi connectivity index (χ0n) is 13.7. The summed E-state index contributed by atoms with van der Waals surface area (Å²) in [7, 11) is 0. The molecule has 0 atom stereocenters. The van der Waals surface area contributed by atoms with Crippen LogP contribution < -0.4 is 5.56 Å². The van der Waals surface area contributed by atoms with Crippen molar-refractivity contribution in [2.24, 2.45) is 0 Å². The first-order valence-corrected chi connectivity index (χ1v) is 9.14. The van der Waals surface area contributed by atoms with Gasteiger partial charge in [-0.25, -0.2) is 4.98 Å². The van der Waals surface area contributed by atoms with Crippen molar-refractivity contribution in [1.29, 1.82) is 0 Å². The highest BCUT2D eigenvalue weighted by Gasteiger charge is 2.12. The summed E-state index contributed by atoms with van der Waals surface area (Å²) in [6, 6.07) is 10.3. The first-order valence-electron chi connectivity index (χ1n) is 7.95. The normalized spacial score (nSPS) is 10.8. The van der Waals surface area contributed by atoms with Crippen molar-refractivity contribution in [1.82, 2.24) is 9.97 Å². The van der Waals surface area contributed by atoms with E-state index < -0.39 is 5.97 Å². The highest BCUT2D eigenvalue weighted by atomic mass is 35.5. The number of benzene rings is 1. The molecule has 1 N–H and O–H groups in total. The standard InChI is InChI=1S/C18H15ClN2O4S/c19-15-9-8-14(26-15)13(22)10-25-17(23)7-3-6-16-20-12-5-2-1-4-11(12)18(24)21-16/h1-2,4-5,8-9H,3,6-7,10H2,(H,20,21,24). The van der Waals surface area contributed by atoms with Gasteiger partial charge in [0.05, 0.1) is 20.1 Å². The van der Waals surface area contributed by atoms with Gasteiger partial charge in [0.25, 0.3) is 5.56 Å². The fourth-order valence-corrected chi connectivity index (χ4v) is 3.37. The minimum Gasteiger partial charge on any atom is -0.457 e. The third-order valence-corrected chi connectivity index (χ3v) is 4.94. The zero-order valence-corrected chi connectivity index (χ0v) is 15.2. The number of rotatable bonds is 7. The number of fused-ring (bicyclic) bond motifs is 1. The largest absolute Gasteiger partial charge is 0.457 e. The predicted molar refractivity (Wildman–Crippen MR) is 99.9 cm³/mol. The molecule has 8 heteroatoms. The Hall–Kier alpha value is -2.51. The number of aromatic nitrogens is 2. The van der Waals surface area contributed by atoms with Crippen LogP contribution in [-0.4, -0.2) is 28.3 Å². The van der Waals surface area contributed by atoms with E-state index in [-0.39, 0.29) is 24.4 Å². The van der Waals surface area contributed by atoms with Gasteiger partial charge in [0.2, 0.25) is 5.78 Å². The molecule has 2 aromatic heterocycles. The number of halogens is 1. The molecule has 0 bridgehead atoms. The van der Waals surface area contributed by atoms with Gasteiger partial charge in [0.15, 0.2) is 6.61 Å². The molecule has 0 saturated heterocycles. The predicted octanol–water partition coefficient (Wildman–Crippen LogP) is 3.39. The van der Waals surface area contributed by atoms with Gasteiger partial charge in [-0.1, -0.05) is 23.7 Å². The number of carbonyl (C=O) groups is 2. The van der Waals surface area contributed by atoms with Gasteiger partial charge < -0.3 is 9.72 Å². The third kappa shape index (κ3) is 4.56. The number of hydrogen-bond donors (Lipinski definition) is 1. The number of ketones is 1. The van der Waals surface area contributed by atoms with E-state index >= 15 is 0 Å². The maximum Gasteiger partial charge on any atom is 0.306 e. The van der Waals surface area contributed by atoms with Crippen LogP contribution in [0.4, 0.5) is 0 Å². The highest BCUT2D eigenvalue weighted by molar-refractivity contribution is 7.18. The van der Waals surface area contributed by atoms with Crippen molar-refractivity contribution in [3.63, 3.8) is 0 Å². The Morgan fingerprint density at radius 2 is 2.00 bits per heavy atom. The van der Waals surface area contributed by atoms with E-state index in [1.54, 1.807) is 30.3 Å². The smallest absolute Gasteiger partial charge is 0.306 e. The van der Waals surface area contributed by atoms with Crippen molar-refractivity contribution in [3.8, 4) is 0 Å². The molecule has 0 fully saturated rings. The number of nitrogens with zero attached hydrogens (tertiary/aromatic N) is 1. The summed E-state index contributed by atoms with van der Waals surface area (Å²) in [5.41, 5.74) is 0.419. The average Bonchev–Trinajstić information content (AvgIpc) is 3.06. The summed E-state index contributed by atoms with van der Waals surface area (Å²) in [4.78, 5) is 43.1. The van der Waals surface area contributed by atoms with E-state index in [1.807, 2.05) is 6.07 Å². The Labute approximate surface area is 157 Å². The van der Waals surface area contributed by atoms with E-state index in [1.165, 1.54) is 0 Å². The molecule has 2 heterocycles. The number of thiophene rings is 1. The summed E-state index contributed by atoms with van der Waals surface area (Å²) in [5.74, 6) is -0.231. The van der Waals surface area contributed by atoms with E-state index in [9.17, 15) is 14.4 Å². The van der Waals surface area contributed by atoms with Crippen LogP contribution in [0, 0.1) is 0 Å². The Kier molecular flexibility index (Phi) is 5.80. The van der Waals surface area contributed by atoms with Crippen LogP contribution in [-0.2, 0) is 16.0 Å². The molecule has 0 radical (unpaired) electrons. The second-order valence-corrected chi connectivity index (χ2v) is 7.29. The van der Waals surface area contributed by atoms with E-state index in [4.69, 9.17) is 16.3 Å².